The maximum atomic E-state index is 5.45. The third-order valence-electron chi connectivity index (χ3n) is 3.32. The van der Waals surface area contributed by atoms with Crippen molar-refractivity contribution in [3.8, 4) is 0 Å². The molecule has 0 amide bonds. The number of methoxy groups -OCH3 is 1. The van der Waals surface area contributed by atoms with Crippen LogP contribution in [0.4, 0.5) is 0 Å². The van der Waals surface area contributed by atoms with Gasteiger partial charge in [-0.25, -0.2) is 4.98 Å². The Kier molecular flexibility index (Phi) is 6.33. The molecule has 0 bridgehead atoms. The highest BCUT2D eigenvalue weighted by atomic mass is 16.5. The molecule has 0 saturated heterocycles. The molecule has 1 aromatic rings. The zero-order valence-corrected chi connectivity index (χ0v) is 11.8. The number of hydrogen-bond acceptors (Lipinski definition) is 4. The third kappa shape index (κ3) is 5.72. The monoisotopic (exact) mass is 267 g/mol. The van der Waals surface area contributed by atoms with Crippen LogP contribution in [0.25, 0.3) is 0 Å². The van der Waals surface area contributed by atoms with E-state index in [1.54, 1.807) is 7.11 Å². The van der Waals surface area contributed by atoms with Gasteiger partial charge in [0.2, 0.25) is 0 Å². The van der Waals surface area contributed by atoms with Gasteiger partial charge in [0.15, 0.2) is 0 Å². The average molecular weight is 267 g/mol. The molecule has 1 heterocycles. The number of ether oxygens (including phenoxy) is 2. The highest BCUT2D eigenvalue weighted by Gasteiger charge is 2.20. The molecule has 108 valence electrons. The summed E-state index contributed by atoms with van der Waals surface area (Å²) in [5, 5.41) is 3.52. The molecule has 1 aromatic heterocycles. The van der Waals surface area contributed by atoms with Crippen molar-refractivity contribution in [3.05, 3.63) is 18.2 Å². The number of aromatic nitrogens is 2. The fourth-order valence-electron chi connectivity index (χ4n) is 1.96. The lowest BCUT2D eigenvalue weighted by Crippen LogP contribution is -2.18. The van der Waals surface area contributed by atoms with Crippen LogP contribution >= 0.6 is 0 Å². The Bertz CT molecular complexity index is 350. The van der Waals surface area contributed by atoms with Crippen molar-refractivity contribution in [1.82, 2.24) is 14.9 Å². The molecule has 0 atom stereocenters. The number of unbranched alkanes of at least 4 members (excludes halogenated alkanes) is 1. The molecule has 19 heavy (non-hydrogen) atoms. The SMILES string of the molecule is COCCOCCCCn1cncc1CNC1CC1. The summed E-state index contributed by atoms with van der Waals surface area (Å²) in [4.78, 5) is 4.24. The minimum Gasteiger partial charge on any atom is -0.382 e. The predicted molar refractivity (Wildman–Crippen MR) is 74.0 cm³/mol. The summed E-state index contributed by atoms with van der Waals surface area (Å²) in [5.41, 5.74) is 1.28. The van der Waals surface area contributed by atoms with Crippen LogP contribution in [0, 0.1) is 0 Å². The highest BCUT2D eigenvalue weighted by molar-refractivity contribution is 4.99. The summed E-state index contributed by atoms with van der Waals surface area (Å²) < 4.78 is 12.6. The maximum Gasteiger partial charge on any atom is 0.0948 e. The molecule has 2 rings (SSSR count). The maximum absolute atomic E-state index is 5.45. The van der Waals surface area contributed by atoms with Crippen LogP contribution in [0.3, 0.4) is 0 Å². The van der Waals surface area contributed by atoms with E-state index in [0.717, 1.165) is 38.6 Å². The van der Waals surface area contributed by atoms with Gasteiger partial charge in [-0.3, -0.25) is 0 Å². The van der Waals surface area contributed by atoms with Gasteiger partial charge in [0.05, 0.1) is 25.2 Å². The van der Waals surface area contributed by atoms with Gasteiger partial charge < -0.3 is 19.4 Å². The van der Waals surface area contributed by atoms with Crippen LogP contribution in [0.2, 0.25) is 0 Å². The predicted octanol–water partition coefficient (Wildman–Crippen LogP) is 1.58. The van der Waals surface area contributed by atoms with E-state index in [0.29, 0.717) is 13.2 Å². The smallest absolute Gasteiger partial charge is 0.0948 e. The molecule has 0 unspecified atom stereocenters. The van der Waals surface area contributed by atoms with Gasteiger partial charge in [0.25, 0.3) is 0 Å². The highest BCUT2D eigenvalue weighted by Crippen LogP contribution is 2.19. The van der Waals surface area contributed by atoms with Crippen molar-refractivity contribution in [1.29, 1.82) is 0 Å². The zero-order chi connectivity index (χ0) is 13.3. The van der Waals surface area contributed by atoms with E-state index in [1.165, 1.54) is 18.5 Å². The first-order valence-corrected chi connectivity index (χ1v) is 7.19. The van der Waals surface area contributed by atoms with Crippen molar-refractivity contribution in [2.45, 2.75) is 44.8 Å². The summed E-state index contributed by atoms with van der Waals surface area (Å²) in [6.07, 6.45) is 8.75. The Balaban J connectivity index is 1.55. The lowest BCUT2D eigenvalue weighted by atomic mass is 10.3. The van der Waals surface area contributed by atoms with Crippen LogP contribution < -0.4 is 5.32 Å². The molecule has 1 N–H and O–H groups in total. The van der Waals surface area contributed by atoms with Gasteiger partial charge in [0.1, 0.15) is 0 Å². The molecule has 5 nitrogen and oxygen atoms in total. The number of nitrogens with one attached hydrogen (secondary N) is 1. The van der Waals surface area contributed by atoms with Crippen molar-refractivity contribution in [2.24, 2.45) is 0 Å². The Morgan fingerprint density at radius 2 is 2.21 bits per heavy atom. The summed E-state index contributed by atoms with van der Waals surface area (Å²) in [5.74, 6) is 0. The lowest BCUT2D eigenvalue weighted by molar-refractivity contribution is 0.0684. The van der Waals surface area contributed by atoms with Crippen LogP contribution in [-0.4, -0.2) is 42.5 Å². The number of imidazole rings is 1. The van der Waals surface area contributed by atoms with Crippen LogP contribution in [-0.2, 0) is 22.6 Å². The van der Waals surface area contributed by atoms with E-state index >= 15 is 0 Å². The average Bonchev–Trinajstić information content (AvgIpc) is 3.15. The van der Waals surface area contributed by atoms with Crippen LogP contribution in [0.1, 0.15) is 31.4 Å². The van der Waals surface area contributed by atoms with E-state index < -0.39 is 0 Å². The summed E-state index contributed by atoms with van der Waals surface area (Å²) in [6, 6.07) is 0.748. The van der Waals surface area contributed by atoms with Crippen molar-refractivity contribution >= 4 is 0 Å². The van der Waals surface area contributed by atoms with E-state index in [2.05, 4.69) is 14.9 Å². The second-order valence-electron chi connectivity index (χ2n) is 5.05. The van der Waals surface area contributed by atoms with Gasteiger partial charge in [-0.1, -0.05) is 0 Å². The first-order valence-electron chi connectivity index (χ1n) is 7.19. The van der Waals surface area contributed by atoms with Gasteiger partial charge >= 0.3 is 0 Å². The summed E-state index contributed by atoms with van der Waals surface area (Å²) in [7, 11) is 1.69. The Morgan fingerprint density at radius 3 is 3.00 bits per heavy atom. The van der Waals surface area contributed by atoms with E-state index in [4.69, 9.17) is 9.47 Å². The summed E-state index contributed by atoms with van der Waals surface area (Å²) >= 11 is 0. The largest absolute Gasteiger partial charge is 0.382 e. The molecular formula is C14H25N3O2. The third-order valence-corrected chi connectivity index (χ3v) is 3.32. The number of nitrogens with zero attached hydrogens (tertiary/aromatic N) is 2. The fraction of sp³-hybridized carbons (Fsp3) is 0.786. The van der Waals surface area contributed by atoms with Gasteiger partial charge in [-0.2, -0.15) is 0 Å². The van der Waals surface area contributed by atoms with Crippen molar-refractivity contribution in [2.75, 3.05) is 26.9 Å². The number of rotatable bonds is 11. The molecule has 1 fully saturated rings. The molecule has 0 aromatic carbocycles. The van der Waals surface area contributed by atoms with Crippen molar-refractivity contribution in [3.63, 3.8) is 0 Å². The summed E-state index contributed by atoms with van der Waals surface area (Å²) in [6.45, 7) is 4.15. The Morgan fingerprint density at radius 1 is 1.32 bits per heavy atom. The second-order valence-corrected chi connectivity index (χ2v) is 5.05. The first-order chi connectivity index (χ1) is 9.40. The standard InChI is InChI=1S/C14H25N3O2/c1-18-8-9-19-7-3-2-6-17-12-15-10-14(17)11-16-13-4-5-13/h10,12-13,16H,2-9,11H2,1H3. The molecule has 1 aliphatic rings. The Hall–Kier alpha value is -0.910. The quantitative estimate of drug-likeness (QED) is 0.618. The molecule has 0 spiro atoms. The minimum atomic E-state index is 0.679. The topological polar surface area (TPSA) is 48.3 Å². The van der Waals surface area contributed by atoms with Crippen molar-refractivity contribution < 1.29 is 9.47 Å². The molecule has 0 radical (unpaired) electrons. The minimum absolute atomic E-state index is 0.679. The molecular weight excluding hydrogens is 242 g/mol. The number of aryl methyl sites for hydroxylation is 1. The van der Waals surface area contributed by atoms with E-state index in [1.807, 2.05) is 12.5 Å². The Labute approximate surface area is 115 Å². The molecule has 1 aliphatic carbocycles. The normalized spacial score (nSPS) is 15.0. The van der Waals surface area contributed by atoms with Gasteiger partial charge in [-0.05, 0) is 25.7 Å². The number of hydrogen-bond donors (Lipinski definition) is 1. The molecule has 5 heteroatoms. The van der Waals surface area contributed by atoms with Gasteiger partial charge in [-0.15, -0.1) is 0 Å². The molecule has 0 aliphatic heterocycles. The van der Waals surface area contributed by atoms with E-state index in [-0.39, 0.29) is 0 Å². The second kappa shape index (κ2) is 8.30. The van der Waals surface area contributed by atoms with E-state index in [9.17, 15) is 0 Å². The fourth-order valence-corrected chi connectivity index (χ4v) is 1.96. The zero-order valence-electron chi connectivity index (χ0n) is 11.8. The van der Waals surface area contributed by atoms with Gasteiger partial charge in [0, 0.05) is 39.0 Å². The first kappa shape index (κ1) is 14.5. The van der Waals surface area contributed by atoms with Crippen LogP contribution in [0.5, 0.6) is 0 Å². The molecule has 1 saturated carbocycles. The lowest BCUT2D eigenvalue weighted by Gasteiger charge is -2.09. The van der Waals surface area contributed by atoms with Crippen LogP contribution in [0.15, 0.2) is 12.5 Å².